The lowest BCUT2D eigenvalue weighted by Crippen LogP contribution is -2.01. The number of benzene rings is 2. The molecule has 0 saturated heterocycles. The summed E-state index contributed by atoms with van der Waals surface area (Å²) in [5.74, 6) is 1.16. The number of aryl methyl sites for hydroxylation is 1. The van der Waals surface area contributed by atoms with Crippen molar-refractivity contribution >= 4 is 0 Å². The Hall–Kier alpha value is -4.20. The Balaban J connectivity index is 1.94. The van der Waals surface area contributed by atoms with E-state index in [1.807, 2.05) is 0 Å². The quantitative estimate of drug-likeness (QED) is 0.445. The number of phenolic OH excluding ortho intramolecular Hbond substituents is 1. The molecule has 8 nitrogen and oxygen atoms in total. The fourth-order valence-electron chi connectivity index (χ4n) is 3.24. The van der Waals surface area contributed by atoms with Crippen LogP contribution in [0.25, 0.3) is 34.1 Å². The van der Waals surface area contributed by atoms with Gasteiger partial charge in [-0.15, -0.1) is 0 Å². The normalized spacial score (nSPS) is 10.8. The first kappa shape index (κ1) is 20.1. The molecule has 3 N–H and O–H groups in total. The van der Waals surface area contributed by atoms with Crippen LogP contribution in [0.2, 0.25) is 0 Å². The van der Waals surface area contributed by atoms with Crippen LogP contribution in [-0.4, -0.2) is 34.4 Å². The van der Waals surface area contributed by atoms with E-state index in [-0.39, 0.29) is 11.5 Å². The van der Waals surface area contributed by atoms with Crippen molar-refractivity contribution in [2.45, 2.75) is 6.92 Å². The number of aromatic hydroxyl groups is 2. The summed E-state index contributed by atoms with van der Waals surface area (Å²) >= 11 is 0. The van der Waals surface area contributed by atoms with E-state index in [1.165, 1.54) is 19.2 Å². The van der Waals surface area contributed by atoms with Crippen LogP contribution in [0.4, 0.5) is 0 Å². The standard InChI is InChI=1S/C23H20N2O6/c1-12-10-17(27)21(28)22(31-12)20-19(13-4-7-15(29-2)8-5-13)24-23(25-20)14-6-9-18(30-3)16(26)11-14/h4-11,26,28H,1-3H3,(H,24,25). The molecule has 0 aliphatic heterocycles. The Labute approximate surface area is 177 Å². The van der Waals surface area contributed by atoms with E-state index in [1.54, 1.807) is 50.4 Å². The predicted molar refractivity (Wildman–Crippen MR) is 115 cm³/mol. The maximum absolute atomic E-state index is 12.1. The fourth-order valence-corrected chi connectivity index (χ4v) is 3.24. The number of H-pyrrole nitrogens is 1. The molecule has 0 radical (unpaired) electrons. The maximum atomic E-state index is 12.1. The lowest BCUT2D eigenvalue weighted by molar-refractivity contribution is 0.373. The van der Waals surface area contributed by atoms with E-state index < -0.39 is 11.2 Å². The number of ether oxygens (including phenoxy) is 2. The van der Waals surface area contributed by atoms with Crippen LogP contribution in [-0.2, 0) is 0 Å². The molecule has 0 aliphatic carbocycles. The molecule has 8 heteroatoms. The van der Waals surface area contributed by atoms with E-state index in [9.17, 15) is 15.0 Å². The SMILES string of the molecule is COc1ccc(-c2nc(-c3ccc(OC)c(O)c3)[nH]c2-c2oc(C)cc(=O)c2O)cc1. The van der Waals surface area contributed by atoms with Crippen LogP contribution in [0.1, 0.15) is 5.76 Å². The second kappa shape index (κ2) is 7.91. The van der Waals surface area contributed by atoms with Gasteiger partial charge >= 0.3 is 0 Å². The topological polar surface area (TPSA) is 118 Å². The zero-order valence-electron chi connectivity index (χ0n) is 17.1. The van der Waals surface area contributed by atoms with Gasteiger partial charge in [-0.3, -0.25) is 4.79 Å². The van der Waals surface area contributed by atoms with Crippen molar-refractivity contribution in [3.63, 3.8) is 0 Å². The summed E-state index contributed by atoms with van der Waals surface area (Å²) in [5, 5.41) is 20.5. The molecule has 0 aliphatic rings. The lowest BCUT2D eigenvalue weighted by Gasteiger charge is -2.06. The number of methoxy groups -OCH3 is 2. The number of phenols is 1. The van der Waals surface area contributed by atoms with E-state index in [2.05, 4.69) is 9.97 Å². The first-order valence-corrected chi connectivity index (χ1v) is 9.37. The van der Waals surface area contributed by atoms with Gasteiger partial charge < -0.3 is 29.1 Å². The summed E-state index contributed by atoms with van der Waals surface area (Å²) in [6, 6.07) is 13.2. The third-order valence-corrected chi connectivity index (χ3v) is 4.79. The third kappa shape index (κ3) is 3.71. The van der Waals surface area contributed by atoms with E-state index in [0.29, 0.717) is 45.6 Å². The van der Waals surface area contributed by atoms with Gasteiger partial charge in [0.05, 0.1) is 14.2 Å². The van der Waals surface area contributed by atoms with Crippen molar-refractivity contribution < 1.29 is 24.1 Å². The summed E-state index contributed by atoms with van der Waals surface area (Å²) < 4.78 is 16.0. The minimum absolute atomic E-state index is 0.0210. The monoisotopic (exact) mass is 420 g/mol. The van der Waals surface area contributed by atoms with E-state index in [0.717, 1.165) is 0 Å². The zero-order valence-corrected chi connectivity index (χ0v) is 17.1. The molecule has 0 bridgehead atoms. The molecular weight excluding hydrogens is 400 g/mol. The number of hydrogen-bond acceptors (Lipinski definition) is 7. The average molecular weight is 420 g/mol. The van der Waals surface area contributed by atoms with Gasteiger partial charge in [0, 0.05) is 17.2 Å². The highest BCUT2D eigenvalue weighted by Crippen LogP contribution is 2.38. The van der Waals surface area contributed by atoms with Crippen LogP contribution >= 0.6 is 0 Å². The predicted octanol–water partition coefficient (Wildman–Crippen LogP) is 4.10. The van der Waals surface area contributed by atoms with Gasteiger partial charge in [0.25, 0.3) is 0 Å². The lowest BCUT2D eigenvalue weighted by atomic mass is 10.1. The summed E-state index contributed by atoms with van der Waals surface area (Å²) in [4.78, 5) is 19.9. The number of imidazole rings is 1. The van der Waals surface area contributed by atoms with Crippen molar-refractivity contribution in [1.29, 1.82) is 0 Å². The van der Waals surface area contributed by atoms with Crippen molar-refractivity contribution in [2.24, 2.45) is 0 Å². The molecule has 4 rings (SSSR count). The molecule has 0 saturated carbocycles. The van der Waals surface area contributed by atoms with Crippen LogP contribution < -0.4 is 14.9 Å². The minimum atomic E-state index is -0.558. The third-order valence-electron chi connectivity index (χ3n) is 4.79. The summed E-state index contributed by atoms with van der Waals surface area (Å²) in [6.45, 7) is 1.62. The number of hydrogen-bond donors (Lipinski definition) is 3. The van der Waals surface area contributed by atoms with Gasteiger partial charge in [0.15, 0.2) is 17.3 Å². The van der Waals surface area contributed by atoms with Crippen molar-refractivity contribution in [2.75, 3.05) is 14.2 Å². The number of nitrogens with zero attached hydrogens (tertiary/aromatic N) is 1. The number of aromatic nitrogens is 2. The summed E-state index contributed by atoms with van der Waals surface area (Å²) in [7, 11) is 3.03. The number of nitrogens with one attached hydrogen (secondary N) is 1. The first-order valence-electron chi connectivity index (χ1n) is 9.37. The van der Waals surface area contributed by atoms with Crippen LogP contribution in [0.15, 0.2) is 57.7 Å². The second-order valence-electron chi connectivity index (χ2n) is 6.82. The molecule has 158 valence electrons. The van der Waals surface area contributed by atoms with Gasteiger partial charge in [-0.2, -0.15) is 0 Å². The Kier molecular flexibility index (Phi) is 5.12. The van der Waals surface area contributed by atoms with Crippen LogP contribution in [0, 0.1) is 6.92 Å². The van der Waals surface area contributed by atoms with Crippen molar-refractivity contribution in [3.05, 3.63) is 64.5 Å². The summed E-state index contributed by atoms with van der Waals surface area (Å²) in [5.41, 5.74) is 1.51. The largest absolute Gasteiger partial charge is 0.504 e. The summed E-state index contributed by atoms with van der Waals surface area (Å²) in [6.07, 6.45) is 0. The molecule has 2 aromatic carbocycles. The van der Waals surface area contributed by atoms with Gasteiger partial charge in [-0.1, -0.05) is 0 Å². The highest BCUT2D eigenvalue weighted by molar-refractivity contribution is 5.81. The Morgan fingerprint density at radius 1 is 0.968 bits per heavy atom. The van der Waals surface area contributed by atoms with Crippen LogP contribution in [0.5, 0.6) is 23.0 Å². The molecule has 31 heavy (non-hydrogen) atoms. The highest BCUT2D eigenvalue weighted by Gasteiger charge is 2.22. The van der Waals surface area contributed by atoms with Crippen molar-refractivity contribution in [3.8, 4) is 57.1 Å². The smallest absolute Gasteiger partial charge is 0.227 e. The maximum Gasteiger partial charge on any atom is 0.227 e. The van der Waals surface area contributed by atoms with E-state index >= 15 is 0 Å². The van der Waals surface area contributed by atoms with Gasteiger partial charge in [0.1, 0.15) is 28.7 Å². The van der Waals surface area contributed by atoms with E-state index in [4.69, 9.17) is 13.9 Å². The highest BCUT2D eigenvalue weighted by atomic mass is 16.5. The molecule has 2 aromatic heterocycles. The molecular formula is C23H20N2O6. The second-order valence-corrected chi connectivity index (χ2v) is 6.82. The Bertz CT molecular complexity index is 1300. The molecule has 0 amide bonds. The minimum Gasteiger partial charge on any atom is -0.504 e. The Morgan fingerprint density at radius 3 is 2.32 bits per heavy atom. The van der Waals surface area contributed by atoms with Gasteiger partial charge in [-0.25, -0.2) is 4.98 Å². The van der Waals surface area contributed by atoms with Crippen LogP contribution in [0.3, 0.4) is 0 Å². The van der Waals surface area contributed by atoms with Gasteiger partial charge in [-0.05, 0) is 49.4 Å². The number of aromatic amines is 1. The molecule has 0 fully saturated rings. The average Bonchev–Trinajstić information content (AvgIpc) is 3.21. The molecule has 0 spiro atoms. The molecule has 4 aromatic rings. The molecule has 0 atom stereocenters. The van der Waals surface area contributed by atoms with Crippen molar-refractivity contribution in [1.82, 2.24) is 9.97 Å². The first-order chi connectivity index (χ1) is 14.9. The Morgan fingerprint density at radius 2 is 1.68 bits per heavy atom. The molecule has 0 unspecified atom stereocenters. The zero-order chi connectivity index (χ0) is 22.1. The number of rotatable bonds is 5. The fraction of sp³-hybridized carbons (Fsp3) is 0.130. The molecule has 2 heterocycles. The van der Waals surface area contributed by atoms with Gasteiger partial charge in [0.2, 0.25) is 11.2 Å².